The standard InChI is InChI=1S/C14H23NO.ClH/c1-4-14(16)9-10-15(11(2)3)13-8-6-5-7-12(13)14;/h1,11-13,16H,5-10H2,2-3H3;1H. The number of rotatable bonds is 1. The second-order valence-electron chi connectivity index (χ2n) is 5.61. The third-order valence-corrected chi connectivity index (χ3v) is 4.43. The smallest absolute Gasteiger partial charge is 0.130 e. The van der Waals surface area contributed by atoms with E-state index in [1.165, 1.54) is 19.3 Å². The molecule has 0 aromatic carbocycles. The minimum atomic E-state index is -0.837. The Labute approximate surface area is 111 Å². The highest BCUT2D eigenvalue weighted by molar-refractivity contribution is 5.85. The number of fused-ring (bicyclic) bond motifs is 1. The minimum Gasteiger partial charge on any atom is -0.377 e. The average molecular weight is 258 g/mol. The molecular weight excluding hydrogens is 234 g/mol. The number of aliphatic hydroxyl groups is 1. The minimum absolute atomic E-state index is 0. The molecule has 2 fully saturated rings. The number of piperidine rings is 1. The van der Waals surface area contributed by atoms with Crippen molar-refractivity contribution in [2.45, 2.75) is 63.6 Å². The summed E-state index contributed by atoms with van der Waals surface area (Å²) in [6, 6.07) is 1.07. The van der Waals surface area contributed by atoms with E-state index in [4.69, 9.17) is 6.42 Å². The highest BCUT2D eigenvalue weighted by Gasteiger charge is 2.47. The van der Waals surface area contributed by atoms with Gasteiger partial charge in [0.2, 0.25) is 0 Å². The normalized spacial score (nSPS) is 38.1. The summed E-state index contributed by atoms with van der Waals surface area (Å²) in [5, 5.41) is 10.5. The van der Waals surface area contributed by atoms with Gasteiger partial charge in [-0.3, -0.25) is 4.90 Å². The van der Waals surface area contributed by atoms with Gasteiger partial charge in [-0.15, -0.1) is 18.8 Å². The first-order chi connectivity index (χ1) is 7.58. The van der Waals surface area contributed by atoms with Crippen LogP contribution in [0.25, 0.3) is 0 Å². The monoisotopic (exact) mass is 257 g/mol. The Balaban J connectivity index is 0.00000144. The lowest BCUT2D eigenvalue weighted by atomic mass is 9.69. The molecule has 3 unspecified atom stereocenters. The molecular formula is C14H24ClNO. The van der Waals surface area contributed by atoms with Crippen molar-refractivity contribution in [1.82, 2.24) is 4.90 Å². The van der Waals surface area contributed by atoms with Gasteiger partial charge in [0.25, 0.3) is 0 Å². The Morgan fingerprint density at radius 1 is 1.35 bits per heavy atom. The number of likely N-dealkylation sites (tertiary alicyclic amines) is 1. The molecule has 2 rings (SSSR count). The van der Waals surface area contributed by atoms with Crippen molar-refractivity contribution < 1.29 is 5.11 Å². The van der Waals surface area contributed by atoms with Crippen molar-refractivity contribution in [2.24, 2.45) is 5.92 Å². The van der Waals surface area contributed by atoms with E-state index in [9.17, 15) is 5.11 Å². The molecule has 1 saturated heterocycles. The highest BCUT2D eigenvalue weighted by atomic mass is 35.5. The molecule has 2 nitrogen and oxygen atoms in total. The fourth-order valence-electron chi connectivity index (χ4n) is 3.54. The van der Waals surface area contributed by atoms with Crippen LogP contribution in [0.2, 0.25) is 0 Å². The lowest BCUT2D eigenvalue weighted by Gasteiger charge is -2.51. The third-order valence-electron chi connectivity index (χ3n) is 4.43. The molecule has 0 aromatic rings. The van der Waals surface area contributed by atoms with E-state index in [2.05, 4.69) is 24.7 Å². The van der Waals surface area contributed by atoms with Gasteiger partial charge in [0.15, 0.2) is 0 Å². The number of nitrogens with zero attached hydrogens (tertiary/aromatic N) is 1. The zero-order valence-electron chi connectivity index (χ0n) is 10.9. The van der Waals surface area contributed by atoms with Gasteiger partial charge in [-0.25, -0.2) is 0 Å². The van der Waals surface area contributed by atoms with Gasteiger partial charge < -0.3 is 5.11 Å². The van der Waals surface area contributed by atoms with E-state index in [-0.39, 0.29) is 12.4 Å². The van der Waals surface area contributed by atoms with E-state index in [1.807, 2.05) is 0 Å². The summed E-state index contributed by atoms with van der Waals surface area (Å²) >= 11 is 0. The Morgan fingerprint density at radius 3 is 2.59 bits per heavy atom. The van der Waals surface area contributed by atoms with Crippen LogP contribution < -0.4 is 0 Å². The summed E-state index contributed by atoms with van der Waals surface area (Å²) in [5.41, 5.74) is -0.837. The van der Waals surface area contributed by atoms with E-state index in [1.54, 1.807) is 0 Å². The van der Waals surface area contributed by atoms with Crippen LogP contribution in [0.15, 0.2) is 0 Å². The van der Waals surface area contributed by atoms with Crippen molar-refractivity contribution in [3.05, 3.63) is 0 Å². The van der Waals surface area contributed by atoms with Gasteiger partial charge in [0.05, 0.1) is 0 Å². The summed E-state index contributed by atoms with van der Waals surface area (Å²) in [4.78, 5) is 2.54. The first-order valence-corrected chi connectivity index (χ1v) is 6.54. The van der Waals surface area contributed by atoms with E-state index < -0.39 is 5.60 Å². The van der Waals surface area contributed by atoms with Crippen LogP contribution in [0.3, 0.4) is 0 Å². The summed E-state index contributed by atoms with van der Waals surface area (Å²) in [7, 11) is 0. The van der Waals surface area contributed by atoms with Gasteiger partial charge in [-0.2, -0.15) is 0 Å². The maximum absolute atomic E-state index is 10.5. The van der Waals surface area contributed by atoms with Crippen LogP contribution in [0.1, 0.15) is 46.0 Å². The summed E-state index contributed by atoms with van der Waals surface area (Å²) in [6.07, 6.45) is 11.1. The first-order valence-electron chi connectivity index (χ1n) is 6.54. The SMILES string of the molecule is C#CC1(O)CCN(C(C)C)C2CCCCC21.Cl. The maximum atomic E-state index is 10.5. The second-order valence-corrected chi connectivity index (χ2v) is 5.61. The number of hydrogen-bond acceptors (Lipinski definition) is 2. The number of halogens is 1. The lowest BCUT2D eigenvalue weighted by molar-refractivity contribution is -0.0870. The van der Waals surface area contributed by atoms with Crippen LogP contribution in [0, 0.1) is 18.3 Å². The van der Waals surface area contributed by atoms with Gasteiger partial charge >= 0.3 is 0 Å². The van der Waals surface area contributed by atoms with Gasteiger partial charge in [0, 0.05) is 31.0 Å². The lowest BCUT2D eigenvalue weighted by Crippen LogP contribution is -2.59. The molecule has 0 radical (unpaired) electrons. The number of hydrogen-bond donors (Lipinski definition) is 1. The predicted molar refractivity (Wildman–Crippen MR) is 73.2 cm³/mol. The van der Waals surface area contributed by atoms with Crippen molar-refractivity contribution in [2.75, 3.05) is 6.54 Å². The van der Waals surface area contributed by atoms with E-state index in [0.29, 0.717) is 18.0 Å². The van der Waals surface area contributed by atoms with Gasteiger partial charge in [-0.05, 0) is 26.7 Å². The van der Waals surface area contributed by atoms with Gasteiger partial charge in [-0.1, -0.05) is 18.8 Å². The molecule has 1 heterocycles. The summed E-state index contributed by atoms with van der Waals surface area (Å²) in [6.45, 7) is 5.43. The van der Waals surface area contributed by atoms with Crippen molar-refractivity contribution in [1.29, 1.82) is 0 Å². The number of terminal acetylenes is 1. The largest absolute Gasteiger partial charge is 0.377 e. The quantitative estimate of drug-likeness (QED) is 0.730. The van der Waals surface area contributed by atoms with Crippen LogP contribution in [0.5, 0.6) is 0 Å². The molecule has 2 aliphatic rings. The topological polar surface area (TPSA) is 23.5 Å². The third kappa shape index (κ3) is 2.62. The van der Waals surface area contributed by atoms with Crippen LogP contribution >= 0.6 is 12.4 Å². The molecule has 0 bridgehead atoms. The van der Waals surface area contributed by atoms with Crippen molar-refractivity contribution in [3.63, 3.8) is 0 Å². The summed E-state index contributed by atoms with van der Waals surface area (Å²) < 4.78 is 0. The van der Waals surface area contributed by atoms with Crippen molar-refractivity contribution >= 4 is 12.4 Å². The van der Waals surface area contributed by atoms with Gasteiger partial charge in [0.1, 0.15) is 5.60 Å². The zero-order chi connectivity index (χ0) is 11.8. The first kappa shape index (κ1) is 14.8. The molecule has 17 heavy (non-hydrogen) atoms. The molecule has 1 aliphatic heterocycles. The Bertz CT molecular complexity index is 299. The second kappa shape index (κ2) is 5.61. The molecule has 3 atom stereocenters. The molecule has 3 heteroatoms. The zero-order valence-corrected chi connectivity index (χ0v) is 11.7. The molecule has 1 N–H and O–H groups in total. The Kier molecular flexibility index (Phi) is 4.89. The molecule has 98 valence electrons. The van der Waals surface area contributed by atoms with E-state index >= 15 is 0 Å². The summed E-state index contributed by atoms with van der Waals surface area (Å²) in [5.74, 6) is 2.96. The van der Waals surface area contributed by atoms with E-state index in [0.717, 1.165) is 19.4 Å². The fourth-order valence-corrected chi connectivity index (χ4v) is 3.54. The molecule has 0 aromatic heterocycles. The predicted octanol–water partition coefficient (Wildman–Crippen LogP) is 2.45. The van der Waals surface area contributed by atoms with Crippen LogP contribution in [-0.4, -0.2) is 34.2 Å². The molecule has 1 aliphatic carbocycles. The maximum Gasteiger partial charge on any atom is 0.130 e. The Morgan fingerprint density at radius 2 is 2.00 bits per heavy atom. The van der Waals surface area contributed by atoms with Crippen LogP contribution in [-0.2, 0) is 0 Å². The Hall–Kier alpha value is -0.230. The fraction of sp³-hybridized carbons (Fsp3) is 0.857. The average Bonchev–Trinajstić information content (AvgIpc) is 2.29. The molecule has 0 spiro atoms. The molecule has 0 amide bonds. The van der Waals surface area contributed by atoms with Crippen molar-refractivity contribution in [3.8, 4) is 12.3 Å². The highest BCUT2D eigenvalue weighted by Crippen LogP contribution is 2.41. The molecule has 1 saturated carbocycles. The van der Waals surface area contributed by atoms with Crippen LogP contribution in [0.4, 0.5) is 0 Å².